The molecule has 0 fully saturated rings. The molecule has 0 spiro atoms. The van der Waals surface area contributed by atoms with E-state index in [1.54, 1.807) is 23.5 Å². The fraction of sp³-hybridized carbons (Fsp3) is 0.238. The van der Waals surface area contributed by atoms with Gasteiger partial charge in [-0.2, -0.15) is 0 Å². The Morgan fingerprint density at radius 2 is 1.70 bits per heavy atom. The van der Waals surface area contributed by atoms with E-state index in [1.165, 1.54) is 4.90 Å². The fourth-order valence-corrected chi connectivity index (χ4v) is 4.18. The van der Waals surface area contributed by atoms with Crippen LogP contribution in [-0.2, 0) is 12.3 Å². The normalized spacial score (nSPS) is 10.7. The van der Waals surface area contributed by atoms with Gasteiger partial charge in [0.2, 0.25) is 0 Å². The molecule has 0 aliphatic rings. The van der Waals surface area contributed by atoms with Gasteiger partial charge < -0.3 is 9.30 Å². The molecule has 27 heavy (non-hydrogen) atoms. The van der Waals surface area contributed by atoms with E-state index in [4.69, 9.17) is 4.74 Å². The predicted octanol–water partition coefficient (Wildman–Crippen LogP) is 5.32. The van der Waals surface area contributed by atoms with Crippen molar-refractivity contribution in [3.8, 4) is 5.75 Å². The molecular weight excluding hydrogens is 374 g/mol. The molecule has 0 bridgehead atoms. The average Bonchev–Trinajstić information content (AvgIpc) is 3.10. The summed E-state index contributed by atoms with van der Waals surface area (Å²) in [6, 6.07) is 20.3. The zero-order valence-electron chi connectivity index (χ0n) is 15.2. The van der Waals surface area contributed by atoms with Gasteiger partial charge >= 0.3 is 0 Å². The van der Waals surface area contributed by atoms with Crippen LogP contribution >= 0.6 is 23.5 Å². The molecule has 0 atom stereocenters. The number of ether oxygens (including phenoxy) is 1. The molecule has 4 nitrogen and oxygen atoms in total. The van der Waals surface area contributed by atoms with Gasteiger partial charge in [0, 0.05) is 17.2 Å². The minimum absolute atomic E-state index is 0.698. The van der Waals surface area contributed by atoms with Gasteiger partial charge in [-0.25, -0.2) is 0 Å². The highest BCUT2D eigenvalue weighted by molar-refractivity contribution is 7.99. The molecule has 0 aliphatic carbocycles. The summed E-state index contributed by atoms with van der Waals surface area (Å²) in [4.78, 5) is 1.23. The Kier molecular flexibility index (Phi) is 7.86. The molecular formula is C21H23N3OS2. The first-order chi connectivity index (χ1) is 13.4. The number of benzene rings is 2. The molecule has 0 amide bonds. The fourth-order valence-electron chi connectivity index (χ4n) is 2.44. The number of allylic oxidation sites excluding steroid dienone is 1. The highest BCUT2D eigenvalue weighted by Gasteiger charge is 2.12. The van der Waals surface area contributed by atoms with E-state index >= 15 is 0 Å². The zero-order chi connectivity index (χ0) is 18.7. The number of nitrogens with zero attached hydrogens (tertiary/aromatic N) is 3. The van der Waals surface area contributed by atoms with E-state index < -0.39 is 0 Å². The van der Waals surface area contributed by atoms with Crippen LogP contribution in [-0.4, -0.2) is 27.1 Å². The Labute approximate surface area is 169 Å². The van der Waals surface area contributed by atoms with E-state index in [1.807, 2.05) is 42.5 Å². The average molecular weight is 398 g/mol. The highest BCUT2D eigenvalue weighted by Crippen LogP contribution is 2.24. The monoisotopic (exact) mass is 397 g/mol. The lowest BCUT2D eigenvalue weighted by molar-refractivity contribution is 0.318. The van der Waals surface area contributed by atoms with Crippen LogP contribution in [0, 0.1) is 0 Å². The molecule has 0 aliphatic heterocycles. The summed E-state index contributed by atoms with van der Waals surface area (Å²) in [5, 5.41) is 9.71. The maximum absolute atomic E-state index is 5.74. The third-order valence-corrected chi connectivity index (χ3v) is 5.81. The van der Waals surface area contributed by atoms with Crippen LogP contribution in [0.15, 0.2) is 83.4 Å². The van der Waals surface area contributed by atoms with Crippen molar-refractivity contribution in [2.75, 3.05) is 12.4 Å². The Balaban J connectivity index is 1.49. The molecule has 0 radical (unpaired) electrons. The summed E-state index contributed by atoms with van der Waals surface area (Å²) in [7, 11) is 0. The van der Waals surface area contributed by atoms with Crippen molar-refractivity contribution in [2.24, 2.45) is 0 Å². The molecule has 0 N–H and O–H groups in total. The first-order valence-electron chi connectivity index (χ1n) is 8.88. The summed E-state index contributed by atoms with van der Waals surface area (Å²) in [6.45, 7) is 5.29. The Morgan fingerprint density at radius 3 is 2.44 bits per heavy atom. The summed E-state index contributed by atoms with van der Waals surface area (Å²) in [5.41, 5.74) is 0. The van der Waals surface area contributed by atoms with E-state index in [9.17, 15) is 0 Å². The van der Waals surface area contributed by atoms with Crippen molar-refractivity contribution in [1.29, 1.82) is 0 Å². The Morgan fingerprint density at radius 1 is 0.963 bits per heavy atom. The van der Waals surface area contributed by atoms with Gasteiger partial charge in [-0.1, -0.05) is 54.2 Å². The molecule has 0 saturated carbocycles. The van der Waals surface area contributed by atoms with Gasteiger partial charge in [-0.15, -0.1) is 28.5 Å². The van der Waals surface area contributed by atoms with E-state index in [0.717, 1.165) is 41.2 Å². The number of thioether (sulfide) groups is 2. The van der Waals surface area contributed by atoms with Crippen molar-refractivity contribution in [3.05, 3.63) is 79.1 Å². The third-order valence-electron chi connectivity index (χ3n) is 3.75. The minimum atomic E-state index is 0.698. The smallest absolute Gasteiger partial charge is 0.191 e. The molecule has 3 aromatic rings. The second-order valence-electron chi connectivity index (χ2n) is 5.76. The maximum atomic E-state index is 5.74. The van der Waals surface area contributed by atoms with Gasteiger partial charge in [0.25, 0.3) is 0 Å². The number of aromatic nitrogens is 3. The van der Waals surface area contributed by atoms with E-state index in [0.29, 0.717) is 6.61 Å². The van der Waals surface area contributed by atoms with Gasteiger partial charge in [0.05, 0.1) is 12.4 Å². The van der Waals surface area contributed by atoms with Gasteiger partial charge in [0.1, 0.15) is 11.6 Å². The largest absolute Gasteiger partial charge is 0.494 e. The first-order valence-corrected chi connectivity index (χ1v) is 10.9. The SMILES string of the molecule is C=CCn1c(CSc2ccccc2)nnc1SCCCOc1ccccc1. The van der Waals surface area contributed by atoms with Crippen LogP contribution in [0.25, 0.3) is 0 Å². The number of hydrogen-bond acceptors (Lipinski definition) is 5. The summed E-state index contributed by atoms with van der Waals surface area (Å²) < 4.78 is 7.88. The van der Waals surface area contributed by atoms with Crippen molar-refractivity contribution < 1.29 is 4.74 Å². The van der Waals surface area contributed by atoms with E-state index in [2.05, 4.69) is 45.6 Å². The quantitative estimate of drug-likeness (QED) is 0.249. The van der Waals surface area contributed by atoms with Gasteiger partial charge in [0.15, 0.2) is 5.16 Å². The lowest BCUT2D eigenvalue weighted by Crippen LogP contribution is -2.04. The topological polar surface area (TPSA) is 39.9 Å². The Hall–Kier alpha value is -2.18. The van der Waals surface area contributed by atoms with Crippen LogP contribution in [0.3, 0.4) is 0 Å². The lowest BCUT2D eigenvalue weighted by Gasteiger charge is -2.08. The lowest BCUT2D eigenvalue weighted by atomic mass is 10.3. The second-order valence-corrected chi connectivity index (χ2v) is 7.87. The molecule has 1 aromatic heterocycles. The standard InChI is InChI=1S/C21H23N3OS2/c1-2-14-24-20(17-27-19-12-7-4-8-13-19)22-23-21(24)26-16-9-15-25-18-10-5-3-6-11-18/h2-8,10-13H,1,9,14-17H2. The molecule has 0 unspecified atom stereocenters. The zero-order valence-corrected chi connectivity index (χ0v) is 16.8. The predicted molar refractivity (Wildman–Crippen MR) is 114 cm³/mol. The minimum Gasteiger partial charge on any atom is -0.494 e. The van der Waals surface area contributed by atoms with Crippen LogP contribution in [0.5, 0.6) is 5.75 Å². The van der Waals surface area contributed by atoms with Crippen molar-refractivity contribution >= 4 is 23.5 Å². The molecule has 140 valence electrons. The van der Waals surface area contributed by atoms with Crippen molar-refractivity contribution in [1.82, 2.24) is 14.8 Å². The van der Waals surface area contributed by atoms with Gasteiger partial charge in [-0.3, -0.25) is 0 Å². The summed E-state index contributed by atoms with van der Waals surface area (Å²) in [6.07, 6.45) is 2.84. The third kappa shape index (κ3) is 6.19. The van der Waals surface area contributed by atoms with Crippen molar-refractivity contribution in [2.45, 2.75) is 28.8 Å². The molecule has 1 heterocycles. The maximum Gasteiger partial charge on any atom is 0.191 e. The van der Waals surface area contributed by atoms with Gasteiger partial charge in [-0.05, 0) is 30.7 Å². The number of rotatable bonds is 11. The molecule has 6 heteroatoms. The molecule has 3 rings (SSSR count). The summed E-state index contributed by atoms with van der Waals surface area (Å²) >= 11 is 3.49. The number of para-hydroxylation sites is 1. The van der Waals surface area contributed by atoms with Crippen molar-refractivity contribution in [3.63, 3.8) is 0 Å². The highest BCUT2D eigenvalue weighted by atomic mass is 32.2. The van der Waals surface area contributed by atoms with Crippen LogP contribution in [0.4, 0.5) is 0 Å². The molecule has 0 saturated heterocycles. The van der Waals surface area contributed by atoms with E-state index in [-0.39, 0.29) is 0 Å². The first kappa shape index (κ1) is 19.6. The van der Waals surface area contributed by atoms with Crippen LogP contribution in [0.1, 0.15) is 12.2 Å². The summed E-state index contributed by atoms with van der Waals surface area (Å²) in [5.74, 6) is 3.63. The van der Waals surface area contributed by atoms with Crippen LogP contribution in [0.2, 0.25) is 0 Å². The van der Waals surface area contributed by atoms with Crippen LogP contribution < -0.4 is 4.74 Å². The number of hydrogen-bond donors (Lipinski definition) is 0. The molecule has 2 aromatic carbocycles. The Bertz CT molecular complexity index is 822. The second kappa shape index (κ2) is 10.8.